The van der Waals surface area contributed by atoms with E-state index in [1.54, 1.807) is 0 Å². The molecule has 4 heteroatoms. The predicted molar refractivity (Wildman–Crippen MR) is 98.6 cm³/mol. The number of benzene rings is 2. The van der Waals surface area contributed by atoms with Gasteiger partial charge in [0.25, 0.3) is 0 Å². The van der Waals surface area contributed by atoms with Gasteiger partial charge in [0.05, 0.1) is 11.4 Å². The van der Waals surface area contributed by atoms with E-state index in [4.69, 9.17) is 0 Å². The summed E-state index contributed by atoms with van der Waals surface area (Å²) in [7, 11) is 0. The Morgan fingerprint density at radius 1 is 1.08 bits per heavy atom. The molecule has 0 atom stereocenters. The van der Waals surface area contributed by atoms with Crippen molar-refractivity contribution in [1.82, 2.24) is 0 Å². The number of hydrogen-bond donors (Lipinski definition) is 3. The SMILES string of the molecule is Cc1cccc(CNc2ccccc2N2CCC(CO)CC2)c1O. The summed E-state index contributed by atoms with van der Waals surface area (Å²) in [4.78, 5) is 2.38. The van der Waals surface area contributed by atoms with Crippen LogP contribution >= 0.6 is 0 Å². The number of rotatable bonds is 5. The van der Waals surface area contributed by atoms with E-state index in [2.05, 4.69) is 28.4 Å². The van der Waals surface area contributed by atoms with Crippen LogP contribution in [0, 0.1) is 12.8 Å². The highest BCUT2D eigenvalue weighted by Crippen LogP contribution is 2.31. The summed E-state index contributed by atoms with van der Waals surface area (Å²) in [6.07, 6.45) is 2.06. The summed E-state index contributed by atoms with van der Waals surface area (Å²) in [5, 5.41) is 23.0. The van der Waals surface area contributed by atoms with E-state index >= 15 is 0 Å². The molecule has 1 aliphatic rings. The zero-order valence-electron chi connectivity index (χ0n) is 14.2. The Hall–Kier alpha value is -2.20. The first-order chi connectivity index (χ1) is 11.7. The Morgan fingerprint density at radius 3 is 2.58 bits per heavy atom. The molecular formula is C20H26N2O2. The number of para-hydroxylation sites is 3. The Kier molecular flexibility index (Phi) is 5.26. The normalized spacial score (nSPS) is 15.5. The van der Waals surface area contributed by atoms with Crippen LogP contribution in [0.15, 0.2) is 42.5 Å². The van der Waals surface area contributed by atoms with Crippen LogP contribution in [0.25, 0.3) is 0 Å². The van der Waals surface area contributed by atoms with Gasteiger partial charge >= 0.3 is 0 Å². The van der Waals surface area contributed by atoms with Gasteiger partial charge in [0.2, 0.25) is 0 Å². The highest BCUT2D eigenvalue weighted by Gasteiger charge is 2.20. The second-order valence-electron chi connectivity index (χ2n) is 6.57. The van der Waals surface area contributed by atoms with Crippen molar-refractivity contribution in [3.8, 4) is 5.75 Å². The lowest BCUT2D eigenvalue weighted by atomic mass is 9.97. The van der Waals surface area contributed by atoms with Crippen LogP contribution in [0.4, 0.5) is 11.4 Å². The number of hydrogen-bond acceptors (Lipinski definition) is 4. The molecule has 0 unspecified atom stereocenters. The topological polar surface area (TPSA) is 55.7 Å². The fourth-order valence-corrected chi connectivity index (χ4v) is 3.31. The minimum atomic E-state index is 0.292. The number of aliphatic hydroxyl groups excluding tert-OH is 1. The standard InChI is InChI=1S/C20H26N2O2/c1-15-5-4-6-17(20(15)24)13-21-18-7-2-3-8-19(18)22-11-9-16(14-23)10-12-22/h2-8,16,21,23-24H,9-14H2,1H3. The molecule has 1 saturated heterocycles. The summed E-state index contributed by atoms with van der Waals surface area (Å²) in [6, 6.07) is 14.1. The van der Waals surface area contributed by atoms with Gasteiger partial charge in [-0.2, -0.15) is 0 Å². The molecule has 0 aromatic heterocycles. The van der Waals surface area contributed by atoms with E-state index in [0.29, 0.717) is 24.8 Å². The van der Waals surface area contributed by atoms with Crippen LogP contribution < -0.4 is 10.2 Å². The average molecular weight is 326 g/mol. The monoisotopic (exact) mass is 326 g/mol. The second kappa shape index (κ2) is 7.58. The van der Waals surface area contributed by atoms with Crippen LogP contribution in [-0.4, -0.2) is 29.9 Å². The van der Waals surface area contributed by atoms with Gasteiger partial charge < -0.3 is 20.4 Å². The Balaban J connectivity index is 1.72. The third kappa shape index (κ3) is 3.65. The van der Waals surface area contributed by atoms with Gasteiger partial charge in [-0.1, -0.05) is 30.3 Å². The molecule has 1 heterocycles. The maximum Gasteiger partial charge on any atom is 0.123 e. The van der Waals surface area contributed by atoms with Gasteiger partial charge in [-0.3, -0.25) is 0 Å². The molecule has 0 bridgehead atoms. The summed E-state index contributed by atoms with van der Waals surface area (Å²) < 4.78 is 0. The molecular weight excluding hydrogens is 300 g/mol. The number of phenolic OH excluding ortho intramolecular Hbond substituents is 1. The number of aromatic hydroxyl groups is 1. The maximum atomic E-state index is 10.2. The van der Waals surface area contributed by atoms with Crippen molar-refractivity contribution in [1.29, 1.82) is 0 Å². The van der Waals surface area contributed by atoms with E-state index in [0.717, 1.165) is 42.7 Å². The van der Waals surface area contributed by atoms with Gasteiger partial charge in [-0.05, 0) is 43.4 Å². The molecule has 2 aromatic rings. The fourth-order valence-electron chi connectivity index (χ4n) is 3.31. The predicted octanol–water partition coefficient (Wildman–Crippen LogP) is 3.52. The molecule has 4 nitrogen and oxygen atoms in total. The number of anilines is 2. The van der Waals surface area contributed by atoms with E-state index < -0.39 is 0 Å². The van der Waals surface area contributed by atoms with Gasteiger partial charge in [0.15, 0.2) is 0 Å². The first kappa shape index (κ1) is 16.7. The molecule has 1 aliphatic heterocycles. The Morgan fingerprint density at radius 2 is 1.83 bits per heavy atom. The number of nitrogens with zero attached hydrogens (tertiary/aromatic N) is 1. The summed E-state index contributed by atoms with van der Waals surface area (Å²) in [5.74, 6) is 0.803. The lowest BCUT2D eigenvalue weighted by molar-refractivity contribution is 0.203. The molecule has 0 saturated carbocycles. The molecule has 24 heavy (non-hydrogen) atoms. The van der Waals surface area contributed by atoms with Crippen LogP contribution in [-0.2, 0) is 6.54 Å². The number of piperidine rings is 1. The molecule has 0 radical (unpaired) electrons. The first-order valence-electron chi connectivity index (χ1n) is 8.65. The zero-order chi connectivity index (χ0) is 16.9. The second-order valence-corrected chi connectivity index (χ2v) is 6.57. The third-order valence-corrected chi connectivity index (χ3v) is 4.91. The molecule has 128 valence electrons. The van der Waals surface area contributed by atoms with E-state index in [9.17, 15) is 10.2 Å². The van der Waals surface area contributed by atoms with E-state index in [-0.39, 0.29) is 0 Å². The summed E-state index contributed by atoms with van der Waals surface area (Å²) in [5.41, 5.74) is 4.08. The lowest BCUT2D eigenvalue weighted by Gasteiger charge is -2.34. The quantitative estimate of drug-likeness (QED) is 0.787. The van der Waals surface area contributed by atoms with Crippen LogP contribution in [0.1, 0.15) is 24.0 Å². The van der Waals surface area contributed by atoms with E-state index in [1.807, 2.05) is 31.2 Å². The average Bonchev–Trinajstić information content (AvgIpc) is 2.63. The van der Waals surface area contributed by atoms with Gasteiger partial charge in [-0.25, -0.2) is 0 Å². The van der Waals surface area contributed by atoms with Crippen molar-refractivity contribution in [2.75, 3.05) is 29.9 Å². The number of phenols is 1. The first-order valence-corrected chi connectivity index (χ1v) is 8.65. The van der Waals surface area contributed by atoms with Crippen molar-refractivity contribution < 1.29 is 10.2 Å². The molecule has 0 aliphatic carbocycles. The van der Waals surface area contributed by atoms with Crippen molar-refractivity contribution >= 4 is 11.4 Å². The van der Waals surface area contributed by atoms with Crippen LogP contribution in [0.2, 0.25) is 0 Å². The van der Waals surface area contributed by atoms with Gasteiger partial charge in [-0.15, -0.1) is 0 Å². The Labute approximate surface area is 143 Å². The summed E-state index contributed by atoms with van der Waals surface area (Å²) >= 11 is 0. The van der Waals surface area contributed by atoms with Crippen LogP contribution in [0.5, 0.6) is 5.75 Å². The van der Waals surface area contributed by atoms with E-state index in [1.165, 1.54) is 5.69 Å². The molecule has 2 aromatic carbocycles. The molecule has 3 N–H and O–H groups in total. The van der Waals surface area contributed by atoms with Crippen molar-refractivity contribution in [2.24, 2.45) is 5.92 Å². The molecule has 0 amide bonds. The third-order valence-electron chi connectivity index (χ3n) is 4.91. The minimum absolute atomic E-state index is 0.292. The van der Waals surface area contributed by atoms with Crippen molar-refractivity contribution in [2.45, 2.75) is 26.3 Å². The number of nitrogens with one attached hydrogen (secondary N) is 1. The maximum absolute atomic E-state index is 10.2. The fraction of sp³-hybridized carbons (Fsp3) is 0.400. The largest absolute Gasteiger partial charge is 0.507 e. The lowest BCUT2D eigenvalue weighted by Crippen LogP contribution is -2.35. The molecule has 0 spiro atoms. The van der Waals surface area contributed by atoms with Gasteiger partial charge in [0.1, 0.15) is 5.75 Å². The molecule has 1 fully saturated rings. The van der Waals surface area contributed by atoms with Gasteiger partial charge in [0, 0.05) is 31.8 Å². The Bertz CT molecular complexity index is 679. The highest BCUT2D eigenvalue weighted by molar-refractivity contribution is 5.70. The van der Waals surface area contributed by atoms with Crippen molar-refractivity contribution in [3.63, 3.8) is 0 Å². The summed E-state index contributed by atoms with van der Waals surface area (Å²) in [6.45, 7) is 4.75. The number of aryl methyl sites for hydroxylation is 1. The van der Waals surface area contributed by atoms with Crippen molar-refractivity contribution in [3.05, 3.63) is 53.6 Å². The highest BCUT2D eigenvalue weighted by atomic mass is 16.3. The zero-order valence-corrected chi connectivity index (χ0v) is 14.2. The number of aliphatic hydroxyl groups is 1. The van der Waals surface area contributed by atoms with Crippen LogP contribution in [0.3, 0.4) is 0 Å². The smallest absolute Gasteiger partial charge is 0.123 e. The minimum Gasteiger partial charge on any atom is -0.507 e. The molecule has 3 rings (SSSR count).